The molecule has 1 amide bonds. The second-order valence-corrected chi connectivity index (χ2v) is 7.20. The van der Waals surface area contributed by atoms with Crippen molar-refractivity contribution in [3.63, 3.8) is 0 Å². The van der Waals surface area contributed by atoms with Gasteiger partial charge in [0, 0.05) is 38.5 Å². The maximum Gasteiger partial charge on any atom is 0.573 e. The number of benzene rings is 2. The number of nitrogens with zero attached hydrogens (tertiary/aromatic N) is 4. The number of aryl methyl sites for hydroxylation is 1. The number of fused-ring (bicyclic) bond motifs is 1. The van der Waals surface area contributed by atoms with Crippen LogP contribution in [0.2, 0.25) is 0 Å². The number of amides is 1. The first-order valence-electron chi connectivity index (χ1n) is 10.1. The molecule has 0 unspecified atom stereocenters. The monoisotopic (exact) mass is 482 g/mol. The smallest absolute Gasteiger partial charge is 0.457 e. The Morgan fingerprint density at radius 3 is 2.60 bits per heavy atom. The van der Waals surface area contributed by atoms with Gasteiger partial charge in [0.2, 0.25) is 5.95 Å². The molecule has 4 aromatic rings. The fourth-order valence-corrected chi connectivity index (χ4v) is 3.24. The van der Waals surface area contributed by atoms with Gasteiger partial charge < -0.3 is 24.7 Å². The summed E-state index contributed by atoms with van der Waals surface area (Å²) >= 11 is 0. The summed E-state index contributed by atoms with van der Waals surface area (Å²) in [5, 5.41) is 14.3. The van der Waals surface area contributed by atoms with E-state index in [1.807, 2.05) is 0 Å². The Morgan fingerprint density at radius 1 is 1.11 bits per heavy atom. The molecule has 2 aromatic carbocycles. The van der Waals surface area contributed by atoms with Crippen LogP contribution in [0, 0.1) is 11.3 Å². The number of anilines is 2. The molecule has 0 fully saturated rings. The average Bonchev–Trinajstić information content (AvgIpc) is 3.13. The van der Waals surface area contributed by atoms with Crippen molar-refractivity contribution in [2.75, 3.05) is 12.4 Å². The van der Waals surface area contributed by atoms with Crippen LogP contribution in [-0.4, -0.2) is 33.9 Å². The minimum absolute atomic E-state index is 0.0114. The minimum atomic E-state index is -4.94. The molecule has 0 atom stereocenters. The Labute approximate surface area is 196 Å². The van der Waals surface area contributed by atoms with Gasteiger partial charge in [0.15, 0.2) is 5.75 Å². The zero-order valence-electron chi connectivity index (χ0n) is 18.3. The lowest BCUT2D eigenvalue weighted by Crippen LogP contribution is -2.18. The second kappa shape index (κ2) is 9.22. The molecule has 12 heteroatoms. The van der Waals surface area contributed by atoms with E-state index in [2.05, 4.69) is 25.3 Å². The Morgan fingerprint density at radius 2 is 1.89 bits per heavy atom. The normalized spacial score (nSPS) is 11.1. The van der Waals surface area contributed by atoms with Crippen LogP contribution in [0.25, 0.3) is 11.0 Å². The summed E-state index contributed by atoms with van der Waals surface area (Å²) in [7, 11) is 3.18. The number of carbonyl (C=O) groups is 1. The lowest BCUT2D eigenvalue weighted by Gasteiger charge is -2.14. The summed E-state index contributed by atoms with van der Waals surface area (Å²) < 4.78 is 50.1. The Hall–Kier alpha value is -4.79. The van der Waals surface area contributed by atoms with E-state index in [9.17, 15) is 18.0 Å². The van der Waals surface area contributed by atoms with Gasteiger partial charge in [-0.05, 0) is 30.3 Å². The van der Waals surface area contributed by atoms with Crippen molar-refractivity contribution in [3.05, 3.63) is 66.0 Å². The number of hydrogen-bond acceptors (Lipinski definition) is 7. The van der Waals surface area contributed by atoms with Gasteiger partial charge in [-0.3, -0.25) is 9.78 Å². The Balaban J connectivity index is 1.63. The number of nitriles is 1. The quantitative estimate of drug-likeness (QED) is 0.412. The summed E-state index contributed by atoms with van der Waals surface area (Å²) in [5.41, 5.74) is 1.36. The van der Waals surface area contributed by atoms with E-state index in [1.54, 1.807) is 41.9 Å². The van der Waals surface area contributed by atoms with E-state index in [0.29, 0.717) is 22.5 Å². The Kier molecular flexibility index (Phi) is 6.16. The van der Waals surface area contributed by atoms with Gasteiger partial charge in [0.25, 0.3) is 5.91 Å². The maximum atomic E-state index is 12.9. The van der Waals surface area contributed by atoms with Crippen LogP contribution in [0.3, 0.4) is 0 Å². The van der Waals surface area contributed by atoms with E-state index in [0.717, 1.165) is 6.07 Å². The summed E-state index contributed by atoms with van der Waals surface area (Å²) in [4.78, 5) is 20.2. The third kappa shape index (κ3) is 5.25. The van der Waals surface area contributed by atoms with E-state index >= 15 is 0 Å². The molecule has 0 aliphatic rings. The number of nitrogens with one attached hydrogen (secondary N) is 2. The number of ether oxygens (including phenoxy) is 2. The largest absolute Gasteiger partial charge is 0.573 e. The van der Waals surface area contributed by atoms with E-state index in [-0.39, 0.29) is 28.8 Å². The van der Waals surface area contributed by atoms with Crippen molar-refractivity contribution in [2.24, 2.45) is 7.05 Å². The Bertz CT molecular complexity index is 1460. The van der Waals surface area contributed by atoms with Crippen molar-refractivity contribution >= 4 is 28.6 Å². The van der Waals surface area contributed by atoms with Crippen LogP contribution in [0.1, 0.15) is 16.1 Å². The van der Waals surface area contributed by atoms with Crippen LogP contribution >= 0.6 is 0 Å². The van der Waals surface area contributed by atoms with Gasteiger partial charge in [0.05, 0.1) is 28.4 Å². The first-order chi connectivity index (χ1) is 16.7. The number of carbonyl (C=O) groups excluding carboxylic acids is 1. The summed E-state index contributed by atoms with van der Waals surface area (Å²) in [5.74, 6) is 0.134. The highest BCUT2D eigenvalue weighted by Crippen LogP contribution is 2.34. The van der Waals surface area contributed by atoms with Gasteiger partial charge in [-0.2, -0.15) is 5.26 Å². The molecular weight excluding hydrogens is 465 g/mol. The number of rotatable bonds is 6. The lowest BCUT2D eigenvalue weighted by atomic mass is 10.2. The molecule has 4 rings (SSSR count). The SMILES string of the molecule is CNC(=O)c1cc(Oc2ccc3c(c2)nc(Nc2ccc(C#N)cc2OC(F)(F)F)n3C)ccn1. The molecule has 0 spiro atoms. The highest BCUT2D eigenvalue weighted by molar-refractivity contribution is 5.92. The molecule has 0 aliphatic carbocycles. The fourth-order valence-electron chi connectivity index (χ4n) is 3.24. The third-order valence-corrected chi connectivity index (χ3v) is 4.86. The summed E-state index contributed by atoms with van der Waals surface area (Å²) in [6, 6.07) is 13.6. The molecule has 2 heterocycles. The number of hydrogen-bond donors (Lipinski definition) is 2. The van der Waals surface area contributed by atoms with Crippen LogP contribution in [-0.2, 0) is 7.05 Å². The molecule has 35 heavy (non-hydrogen) atoms. The topological polar surface area (TPSA) is 114 Å². The van der Waals surface area contributed by atoms with E-state index in [1.165, 1.54) is 31.4 Å². The predicted molar refractivity (Wildman–Crippen MR) is 120 cm³/mol. The van der Waals surface area contributed by atoms with Gasteiger partial charge in [-0.25, -0.2) is 4.98 Å². The van der Waals surface area contributed by atoms with Gasteiger partial charge in [-0.15, -0.1) is 13.2 Å². The molecule has 0 bridgehead atoms. The molecular formula is C23H17F3N6O3. The molecule has 178 valence electrons. The zero-order chi connectivity index (χ0) is 25.2. The second-order valence-electron chi connectivity index (χ2n) is 7.20. The van der Waals surface area contributed by atoms with E-state index in [4.69, 9.17) is 10.00 Å². The molecule has 2 aromatic heterocycles. The molecule has 0 saturated carbocycles. The van der Waals surface area contributed by atoms with Crippen molar-refractivity contribution in [1.82, 2.24) is 19.9 Å². The van der Waals surface area contributed by atoms with Crippen LogP contribution < -0.4 is 20.1 Å². The average molecular weight is 482 g/mol. The number of alkyl halides is 3. The highest BCUT2D eigenvalue weighted by atomic mass is 19.4. The van der Waals surface area contributed by atoms with Gasteiger partial charge in [0.1, 0.15) is 17.2 Å². The third-order valence-electron chi connectivity index (χ3n) is 4.86. The lowest BCUT2D eigenvalue weighted by molar-refractivity contribution is -0.274. The molecule has 0 aliphatic heterocycles. The van der Waals surface area contributed by atoms with Crippen molar-refractivity contribution in [3.8, 4) is 23.3 Å². The summed E-state index contributed by atoms with van der Waals surface area (Å²) in [6.45, 7) is 0. The number of halogens is 3. The molecule has 2 N–H and O–H groups in total. The van der Waals surface area contributed by atoms with Crippen LogP contribution in [0.4, 0.5) is 24.8 Å². The van der Waals surface area contributed by atoms with Crippen molar-refractivity contribution in [2.45, 2.75) is 6.36 Å². The summed E-state index contributed by atoms with van der Waals surface area (Å²) in [6.07, 6.45) is -3.49. The standard InChI is InChI=1S/C23H17F3N6O3/c1-28-21(33)18-11-15(7-8-29-18)34-14-4-6-19-17(10-14)31-22(32(19)2)30-16-5-3-13(12-27)9-20(16)35-23(24,25)26/h3-11H,1-2H3,(H,28,33)(H,30,31). The fraction of sp³-hybridized carbons (Fsp3) is 0.130. The van der Waals surface area contributed by atoms with Crippen LogP contribution in [0.5, 0.6) is 17.2 Å². The molecule has 0 saturated heterocycles. The van der Waals surface area contributed by atoms with Crippen molar-refractivity contribution in [1.29, 1.82) is 5.26 Å². The zero-order valence-corrected chi connectivity index (χ0v) is 18.3. The molecule has 9 nitrogen and oxygen atoms in total. The van der Waals surface area contributed by atoms with Crippen LogP contribution in [0.15, 0.2) is 54.7 Å². The maximum absolute atomic E-state index is 12.9. The van der Waals surface area contributed by atoms with Gasteiger partial charge >= 0.3 is 6.36 Å². The minimum Gasteiger partial charge on any atom is -0.457 e. The number of aromatic nitrogens is 3. The predicted octanol–water partition coefficient (Wildman–Crippen LogP) is 4.63. The highest BCUT2D eigenvalue weighted by Gasteiger charge is 2.32. The van der Waals surface area contributed by atoms with E-state index < -0.39 is 12.1 Å². The van der Waals surface area contributed by atoms with Gasteiger partial charge in [-0.1, -0.05) is 0 Å². The first-order valence-corrected chi connectivity index (χ1v) is 10.1. The number of pyridine rings is 1. The number of imidazole rings is 1. The first kappa shape index (κ1) is 23.4. The molecule has 0 radical (unpaired) electrons. The van der Waals surface area contributed by atoms with Crippen molar-refractivity contribution < 1.29 is 27.4 Å².